The van der Waals surface area contributed by atoms with Gasteiger partial charge in [-0.25, -0.2) is 4.39 Å². The largest absolute Gasteiger partial charge is 0.372 e. The fourth-order valence-corrected chi connectivity index (χ4v) is 2.15. The molecule has 1 aromatic rings. The molecule has 0 unspecified atom stereocenters. The topological polar surface area (TPSA) is 29.5 Å². The molecule has 1 heterocycles. The summed E-state index contributed by atoms with van der Waals surface area (Å²) < 4.78 is 18.6. The van der Waals surface area contributed by atoms with Gasteiger partial charge < -0.3 is 9.64 Å². The lowest BCUT2D eigenvalue weighted by Gasteiger charge is -2.35. The van der Waals surface area contributed by atoms with Crippen molar-refractivity contribution >= 4 is 5.91 Å². The first kappa shape index (κ1) is 12.0. The van der Waals surface area contributed by atoms with Crippen LogP contribution in [0.15, 0.2) is 24.3 Å². The molecule has 1 saturated heterocycles. The molecule has 1 amide bonds. The molecule has 17 heavy (non-hydrogen) atoms. The Morgan fingerprint density at radius 1 is 1.35 bits per heavy atom. The van der Waals surface area contributed by atoms with E-state index in [2.05, 4.69) is 0 Å². The molecule has 1 fully saturated rings. The number of carbonyl (C=O) groups is 1. The molecule has 1 aliphatic rings. The molecule has 2 rings (SSSR count). The number of ether oxygens (including phenoxy) is 1. The summed E-state index contributed by atoms with van der Waals surface area (Å²) in [4.78, 5) is 13.9. The predicted octanol–water partition coefficient (Wildman–Crippen LogP) is 2.08. The van der Waals surface area contributed by atoms with Gasteiger partial charge in [-0.2, -0.15) is 0 Å². The summed E-state index contributed by atoms with van der Waals surface area (Å²) in [7, 11) is 0. The number of rotatable bonds is 1. The molecule has 92 valence electrons. The van der Waals surface area contributed by atoms with Crippen LogP contribution in [-0.4, -0.2) is 36.1 Å². The fraction of sp³-hybridized carbons (Fsp3) is 0.462. The highest BCUT2D eigenvalue weighted by molar-refractivity contribution is 5.94. The van der Waals surface area contributed by atoms with E-state index in [-0.39, 0.29) is 23.9 Å². The lowest BCUT2D eigenvalue weighted by atomic mass is 10.1. The van der Waals surface area contributed by atoms with Crippen LogP contribution in [0.3, 0.4) is 0 Å². The monoisotopic (exact) mass is 237 g/mol. The van der Waals surface area contributed by atoms with Gasteiger partial charge in [-0.1, -0.05) is 6.07 Å². The molecule has 1 aromatic carbocycles. The van der Waals surface area contributed by atoms with Crippen LogP contribution in [0.1, 0.15) is 24.2 Å². The van der Waals surface area contributed by atoms with E-state index in [1.165, 1.54) is 12.1 Å². The molecule has 3 nitrogen and oxygen atoms in total. The van der Waals surface area contributed by atoms with Crippen molar-refractivity contribution in [3.63, 3.8) is 0 Å². The lowest BCUT2D eigenvalue weighted by molar-refractivity contribution is -0.0586. The number of amides is 1. The maximum Gasteiger partial charge on any atom is 0.254 e. The van der Waals surface area contributed by atoms with E-state index in [0.717, 1.165) is 0 Å². The van der Waals surface area contributed by atoms with Crippen molar-refractivity contribution in [2.45, 2.75) is 26.1 Å². The predicted molar refractivity (Wildman–Crippen MR) is 62.3 cm³/mol. The summed E-state index contributed by atoms with van der Waals surface area (Å²) >= 11 is 0. The number of benzene rings is 1. The molecule has 1 aliphatic heterocycles. The summed E-state index contributed by atoms with van der Waals surface area (Å²) in [6.45, 7) is 4.97. The summed E-state index contributed by atoms with van der Waals surface area (Å²) in [6.07, 6.45) is 0.0486. The number of carbonyl (C=O) groups excluding carboxylic acids is 1. The van der Waals surface area contributed by atoms with E-state index < -0.39 is 0 Å². The standard InChI is InChI=1S/C13H16FNO2/c1-9-7-15(8-10(2)17-9)13(16)11-4-3-5-12(14)6-11/h3-6,9-10H,7-8H2,1-2H3/t9-,10-/m1/s1. The molecule has 0 N–H and O–H groups in total. The van der Waals surface area contributed by atoms with E-state index in [9.17, 15) is 9.18 Å². The van der Waals surface area contributed by atoms with Gasteiger partial charge in [0.1, 0.15) is 5.82 Å². The van der Waals surface area contributed by atoms with E-state index in [0.29, 0.717) is 18.7 Å². The number of halogens is 1. The average molecular weight is 237 g/mol. The second kappa shape index (κ2) is 4.84. The Labute approximate surface area is 100 Å². The number of morpholine rings is 1. The zero-order chi connectivity index (χ0) is 12.4. The quantitative estimate of drug-likeness (QED) is 0.748. The van der Waals surface area contributed by atoms with Crippen molar-refractivity contribution in [2.24, 2.45) is 0 Å². The summed E-state index contributed by atoms with van der Waals surface area (Å²) in [5, 5.41) is 0. The SMILES string of the molecule is C[C@@H]1CN(C(=O)c2cccc(F)c2)C[C@@H](C)O1. The molecule has 0 aliphatic carbocycles. The fourth-order valence-electron chi connectivity index (χ4n) is 2.15. The van der Waals surface area contributed by atoms with Crippen molar-refractivity contribution < 1.29 is 13.9 Å². The van der Waals surface area contributed by atoms with Crippen LogP contribution in [0.4, 0.5) is 4.39 Å². The average Bonchev–Trinajstić information content (AvgIpc) is 2.26. The van der Waals surface area contributed by atoms with Crippen molar-refractivity contribution in [3.8, 4) is 0 Å². The highest BCUT2D eigenvalue weighted by Gasteiger charge is 2.26. The third kappa shape index (κ3) is 2.82. The normalized spacial score (nSPS) is 24.8. The van der Waals surface area contributed by atoms with Crippen LogP contribution in [0, 0.1) is 5.82 Å². The van der Waals surface area contributed by atoms with Crippen molar-refractivity contribution in [3.05, 3.63) is 35.6 Å². The van der Waals surface area contributed by atoms with E-state index >= 15 is 0 Å². The second-order valence-electron chi connectivity index (χ2n) is 4.48. The highest BCUT2D eigenvalue weighted by Crippen LogP contribution is 2.14. The van der Waals surface area contributed by atoms with Crippen LogP contribution < -0.4 is 0 Å². The van der Waals surface area contributed by atoms with Crippen molar-refractivity contribution in [1.82, 2.24) is 4.90 Å². The van der Waals surface area contributed by atoms with Crippen LogP contribution in [0.25, 0.3) is 0 Å². The molecule has 0 saturated carbocycles. The Morgan fingerprint density at radius 3 is 2.59 bits per heavy atom. The Kier molecular flexibility index (Phi) is 3.43. The van der Waals surface area contributed by atoms with Crippen molar-refractivity contribution in [1.29, 1.82) is 0 Å². The van der Waals surface area contributed by atoms with Gasteiger partial charge >= 0.3 is 0 Å². The molecular formula is C13H16FNO2. The van der Waals surface area contributed by atoms with Gasteiger partial charge in [0.2, 0.25) is 0 Å². The first-order valence-electron chi connectivity index (χ1n) is 5.76. The van der Waals surface area contributed by atoms with E-state index in [1.807, 2.05) is 13.8 Å². The Morgan fingerprint density at radius 2 is 2.00 bits per heavy atom. The Hall–Kier alpha value is -1.42. The van der Waals surface area contributed by atoms with Crippen LogP contribution >= 0.6 is 0 Å². The number of nitrogens with zero attached hydrogens (tertiary/aromatic N) is 1. The molecular weight excluding hydrogens is 221 g/mol. The molecule has 0 bridgehead atoms. The summed E-state index contributed by atoms with van der Waals surface area (Å²) in [5.41, 5.74) is 0.395. The van der Waals surface area contributed by atoms with Gasteiger partial charge in [-0.05, 0) is 32.0 Å². The van der Waals surface area contributed by atoms with Crippen LogP contribution in [-0.2, 0) is 4.74 Å². The molecule has 0 aromatic heterocycles. The van der Waals surface area contributed by atoms with Crippen LogP contribution in [0.5, 0.6) is 0 Å². The van der Waals surface area contributed by atoms with E-state index in [4.69, 9.17) is 4.74 Å². The molecule has 0 radical (unpaired) electrons. The second-order valence-corrected chi connectivity index (χ2v) is 4.48. The maximum absolute atomic E-state index is 13.1. The van der Waals surface area contributed by atoms with Crippen molar-refractivity contribution in [2.75, 3.05) is 13.1 Å². The summed E-state index contributed by atoms with van der Waals surface area (Å²) in [5.74, 6) is -0.517. The smallest absolute Gasteiger partial charge is 0.254 e. The van der Waals surface area contributed by atoms with E-state index in [1.54, 1.807) is 17.0 Å². The first-order chi connectivity index (χ1) is 8.06. The minimum Gasteiger partial charge on any atom is -0.372 e. The third-order valence-electron chi connectivity index (χ3n) is 2.78. The maximum atomic E-state index is 13.1. The number of hydrogen-bond acceptors (Lipinski definition) is 2. The molecule has 0 spiro atoms. The minimum absolute atomic E-state index is 0.0243. The van der Waals surface area contributed by atoms with Gasteiger partial charge in [0, 0.05) is 18.7 Å². The van der Waals surface area contributed by atoms with Gasteiger partial charge in [0.25, 0.3) is 5.91 Å². The first-order valence-corrected chi connectivity index (χ1v) is 5.76. The molecule has 2 atom stereocenters. The van der Waals surface area contributed by atoms with Crippen LogP contribution in [0.2, 0.25) is 0 Å². The zero-order valence-corrected chi connectivity index (χ0v) is 10.0. The third-order valence-corrected chi connectivity index (χ3v) is 2.78. The lowest BCUT2D eigenvalue weighted by Crippen LogP contribution is -2.48. The zero-order valence-electron chi connectivity index (χ0n) is 10.0. The van der Waals surface area contributed by atoms with Gasteiger partial charge in [0.05, 0.1) is 12.2 Å². The Balaban J connectivity index is 2.14. The Bertz CT molecular complexity index is 412. The van der Waals surface area contributed by atoms with Gasteiger partial charge in [-0.3, -0.25) is 4.79 Å². The highest BCUT2D eigenvalue weighted by atomic mass is 19.1. The minimum atomic E-state index is -0.384. The van der Waals surface area contributed by atoms with Gasteiger partial charge in [0.15, 0.2) is 0 Å². The molecule has 4 heteroatoms. The number of hydrogen-bond donors (Lipinski definition) is 0. The summed E-state index contributed by atoms with van der Waals surface area (Å²) in [6, 6.07) is 5.79. The van der Waals surface area contributed by atoms with Gasteiger partial charge in [-0.15, -0.1) is 0 Å².